The standard InChI is InChI=1S/C21H22N4O4S/c26-20(19-23-17-10-4-5-11-18(17)30(28,29)24-19)22-14-16(15-8-2-1-3-9-15)21(27)25-12-6-7-13-25/h1-5,8-11,16H,6-7,12-14H2,(H,22,26)(H,23,24). The molecule has 0 spiro atoms. The van der Waals surface area contributed by atoms with Crippen LogP contribution in [0.1, 0.15) is 24.3 Å². The summed E-state index contributed by atoms with van der Waals surface area (Å²) in [4.78, 5) is 27.5. The van der Waals surface area contributed by atoms with Gasteiger partial charge < -0.3 is 15.5 Å². The third-order valence-electron chi connectivity index (χ3n) is 5.23. The fourth-order valence-electron chi connectivity index (χ4n) is 3.68. The fourth-order valence-corrected chi connectivity index (χ4v) is 4.80. The molecule has 2 aromatic carbocycles. The van der Waals surface area contributed by atoms with Crippen LogP contribution in [0.3, 0.4) is 0 Å². The Morgan fingerprint density at radius 1 is 1.03 bits per heavy atom. The minimum absolute atomic E-state index is 0.0212. The minimum Gasteiger partial charge on any atom is -0.348 e. The second-order valence-electron chi connectivity index (χ2n) is 7.24. The summed E-state index contributed by atoms with van der Waals surface area (Å²) >= 11 is 0. The van der Waals surface area contributed by atoms with Gasteiger partial charge in [0.15, 0.2) is 0 Å². The van der Waals surface area contributed by atoms with E-state index in [1.165, 1.54) is 6.07 Å². The molecule has 4 rings (SSSR count). The SMILES string of the molecule is O=C(NCC(C(=O)N1CCCC1)c1ccccc1)C1=NS(=O)(=O)c2ccccc2N1. The minimum atomic E-state index is -3.97. The topological polar surface area (TPSA) is 108 Å². The Balaban J connectivity index is 1.52. The Labute approximate surface area is 175 Å². The van der Waals surface area contributed by atoms with Gasteiger partial charge >= 0.3 is 0 Å². The van der Waals surface area contributed by atoms with Crippen molar-refractivity contribution < 1.29 is 18.0 Å². The highest BCUT2D eigenvalue weighted by Gasteiger charge is 2.31. The van der Waals surface area contributed by atoms with Crippen LogP contribution >= 0.6 is 0 Å². The summed E-state index contributed by atoms with van der Waals surface area (Å²) in [6, 6.07) is 15.5. The van der Waals surface area contributed by atoms with Crippen LogP contribution < -0.4 is 10.6 Å². The van der Waals surface area contributed by atoms with E-state index in [4.69, 9.17) is 0 Å². The van der Waals surface area contributed by atoms with Crippen molar-refractivity contribution in [1.29, 1.82) is 0 Å². The summed E-state index contributed by atoms with van der Waals surface area (Å²) in [6.07, 6.45) is 1.94. The Morgan fingerprint density at radius 3 is 2.43 bits per heavy atom. The van der Waals surface area contributed by atoms with Gasteiger partial charge in [-0.05, 0) is 30.5 Å². The number of carbonyl (C=O) groups is 2. The van der Waals surface area contributed by atoms with E-state index in [2.05, 4.69) is 15.0 Å². The predicted octanol–water partition coefficient (Wildman–Crippen LogP) is 1.72. The number of sulfonamides is 1. The second kappa shape index (κ2) is 8.27. The lowest BCUT2D eigenvalue weighted by Gasteiger charge is -2.24. The number of nitrogens with one attached hydrogen (secondary N) is 2. The molecule has 30 heavy (non-hydrogen) atoms. The molecule has 0 saturated carbocycles. The number of rotatable bonds is 5. The lowest BCUT2D eigenvalue weighted by Crippen LogP contribution is -2.43. The number of carbonyl (C=O) groups excluding carboxylic acids is 2. The molecule has 0 bridgehead atoms. The number of fused-ring (bicyclic) bond motifs is 1. The number of para-hydroxylation sites is 1. The molecule has 2 aliphatic heterocycles. The molecule has 2 heterocycles. The van der Waals surface area contributed by atoms with E-state index in [9.17, 15) is 18.0 Å². The van der Waals surface area contributed by atoms with Crippen LogP contribution in [0.25, 0.3) is 0 Å². The molecule has 2 aromatic rings. The van der Waals surface area contributed by atoms with Crippen molar-refractivity contribution >= 4 is 33.4 Å². The third kappa shape index (κ3) is 4.06. The molecule has 1 unspecified atom stereocenters. The Kier molecular flexibility index (Phi) is 5.54. The van der Waals surface area contributed by atoms with Gasteiger partial charge in [-0.3, -0.25) is 9.59 Å². The molecule has 0 aliphatic carbocycles. The van der Waals surface area contributed by atoms with Crippen LogP contribution in [0, 0.1) is 0 Å². The molecule has 0 radical (unpaired) electrons. The number of hydrogen-bond acceptors (Lipinski definition) is 5. The normalized spacial score (nSPS) is 18.0. The van der Waals surface area contributed by atoms with Crippen molar-refractivity contribution in [3.05, 3.63) is 60.2 Å². The van der Waals surface area contributed by atoms with E-state index >= 15 is 0 Å². The first kappa shape index (κ1) is 20.1. The number of amides is 2. The highest BCUT2D eigenvalue weighted by atomic mass is 32.2. The molecule has 8 nitrogen and oxygen atoms in total. The fraction of sp³-hybridized carbons (Fsp3) is 0.286. The Hall–Kier alpha value is -3.20. The summed E-state index contributed by atoms with van der Waals surface area (Å²) in [5.41, 5.74) is 1.09. The largest absolute Gasteiger partial charge is 0.348 e. The van der Waals surface area contributed by atoms with Crippen molar-refractivity contribution in [1.82, 2.24) is 10.2 Å². The molecule has 2 N–H and O–H groups in total. The van der Waals surface area contributed by atoms with Gasteiger partial charge in [-0.1, -0.05) is 42.5 Å². The number of likely N-dealkylation sites (tertiary alicyclic amines) is 1. The Morgan fingerprint density at radius 2 is 1.70 bits per heavy atom. The van der Waals surface area contributed by atoms with Crippen molar-refractivity contribution in [2.24, 2.45) is 4.40 Å². The average molecular weight is 426 g/mol. The highest BCUT2D eigenvalue weighted by molar-refractivity contribution is 7.90. The Bertz CT molecular complexity index is 1090. The maximum absolute atomic E-state index is 13.0. The van der Waals surface area contributed by atoms with Gasteiger partial charge in [0, 0.05) is 19.6 Å². The van der Waals surface area contributed by atoms with E-state index in [-0.39, 0.29) is 23.2 Å². The van der Waals surface area contributed by atoms with E-state index in [1.807, 2.05) is 30.3 Å². The van der Waals surface area contributed by atoms with Gasteiger partial charge in [-0.15, -0.1) is 4.40 Å². The molecule has 2 amide bonds. The second-order valence-corrected chi connectivity index (χ2v) is 8.81. The van der Waals surface area contributed by atoms with Crippen LogP contribution in [0.5, 0.6) is 0 Å². The number of anilines is 1. The number of nitrogens with zero attached hydrogens (tertiary/aromatic N) is 2. The van der Waals surface area contributed by atoms with Gasteiger partial charge in [0.1, 0.15) is 4.90 Å². The first-order chi connectivity index (χ1) is 14.5. The summed E-state index contributed by atoms with van der Waals surface area (Å²) in [7, 11) is -3.97. The summed E-state index contributed by atoms with van der Waals surface area (Å²) in [6.45, 7) is 1.46. The molecule has 1 saturated heterocycles. The highest BCUT2D eigenvalue weighted by Crippen LogP contribution is 2.26. The van der Waals surface area contributed by atoms with Gasteiger partial charge in [0.2, 0.25) is 11.7 Å². The molecule has 9 heteroatoms. The van der Waals surface area contributed by atoms with Crippen molar-refractivity contribution in [3.63, 3.8) is 0 Å². The lowest BCUT2D eigenvalue weighted by atomic mass is 9.97. The van der Waals surface area contributed by atoms with Crippen molar-refractivity contribution in [2.75, 3.05) is 25.0 Å². The zero-order chi connectivity index (χ0) is 21.1. The van der Waals surface area contributed by atoms with Crippen LogP contribution in [0.15, 0.2) is 63.9 Å². The van der Waals surface area contributed by atoms with Crippen LogP contribution in [0.4, 0.5) is 5.69 Å². The molecule has 2 aliphatic rings. The molecule has 1 fully saturated rings. The molecule has 1 atom stereocenters. The summed E-state index contributed by atoms with van der Waals surface area (Å²) < 4.78 is 28.3. The average Bonchev–Trinajstić information content (AvgIpc) is 3.29. The zero-order valence-electron chi connectivity index (χ0n) is 16.2. The zero-order valence-corrected chi connectivity index (χ0v) is 17.1. The van der Waals surface area contributed by atoms with Crippen molar-refractivity contribution in [2.45, 2.75) is 23.7 Å². The van der Waals surface area contributed by atoms with Gasteiger partial charge in [0.25, 0.3) is 15.9 Å². The number of amidine groups is 1. The first-order valence-corrected chi connectivity index (χ1v) is 11.2. The molecule has 0 aromatic heterocycles. The number of hydrogen-bond donors (Lipinski definition) is 2. The third-order valence-corrected chi connectivity index (χ3v) is 6.56. The van der Waals surface area contributed by atoms with E-state index in [0.29, 0.717) is 18.8 Å². The predicted molar refractivity (Wildman–Crippen MR) is 113 cm³/mol. The lowest BCUT2D eigenvalue weighted by molar-refractivity contribution is -0.131. The first-order valence-electron chi connectivity index (χ1n) is 9.79. The molecule has 156 valence electrons. The quantitative estimate of drug-likeness (QED) is 0.757. The van der Waals surface area contributed by atoms with E-state index < -0.39 is 21.8 Å². The summed E-state index contributed by atoms with van der Waals surface area (Å²) in [5, 5.41) is 5.44. The smallest absolute Gasteiger partial charge is 0.287 e. The van der Waals surface area contributed by atoms with Crippen molar-refractivity contribution in [3.8, 4) is 0 Å². The van der Waals surface area contributed by atoms with E-state index in [1.54, 1.807) is 23.1 Å². The van der Waals surface area contributed by atoms with Gasteiger partial charge in [-0.25, -0.2) is 0 Å². The molecular weight excluding hydrogens is 404 g/mol. The van der Waals surface area contributed by atoms with Crippen LogP contribution in [-0.4, -0.2) is 50.6 Å². The maximum Gasteiger partial charge on any atom is 0.287 e. The summed E-state index contributed by atoms with van der Waals surface area (Å²) in [5.74, 6) is -1.59. The van der Waals surface area contributed by atoms with Gasteiger partial charge in [0.05, 0.1) is 11.6 Å². The monoisotopic (exact) mass is 426 g/mol. The number of benzene rings is 2. The van der Waals surface area contributed by atoms with E-state index in [0.717, 1.165) is 18.4 Å². The van der Waals surface area contributed by atoms with Crippen LogP contribution in [-0.2, 0) is 19.6 Å². The maximum atomic E-state index is 13.0. The van der Waals surface area contributed by atoms with Crippen LogP contribution in [0.2, 0.25) is 0 Å². The molecular formula is C21H22N4O4S. The van der Waals surface area contributed by atoms with Gasteiger partial charge in [-0.2, -0.15) is 8.42 Å².